The molecule has 2 N–H and O–H groups in total. The molecule has 1 heterocycles. The summed E-state index contributed by atoms with van der Waals surface area (Å²) in [6, 6.07) is 11.1. The zero-order valence-corrected chi connectivity index (χ0v) is 13.3. The summed E-state index contributed by atoms with van der Waals surface area (Å²) in [5.74, 6) is 2.36. The van der Waals surface area contributed by atoms with E-state index >= 15 is 0 Å². The molecule has 1 aromatic carbocycles. The quantitative estimate of drug-likeness (QED) is 0.467. The van der Waals surface area contributed by atoms with E-state index in [1.54, 1.807) is 18.4 Å². The number of rotatable bonds is 7. The lowest BCUT2D eigenvalue weighted by Gasteiger charge is -2.11. The first-order valence-corrected chi connectivity index (χ1v) is 7.58. The van der Waals surface area contributed by atoms with Crippen molar-refractivity contribution in [1.82, 2.24) is 10.6 Å². The number of benzene rings is 1. The van der Waals surface area contributed by atoms with Crippen molar-refractivity contribution in [2.24, 2.45) is 4.99 Å². The fourth-order valence-electron chi connectivity index (χ4n) is 1.77. The van der Waals surface area contributed by atoms with E-state index in [4.69, 9.17) is 20.8 Å². The van der Waals surface area contributed by atoms with Crippen LogP contribution < -0.4 is 15.4 Å². The molecule has 1 aromatic heterocycles. The molecule has 118 valence electrons. The molecule has 0 atom stereocenters. The summed E-state index contributed by atoms with van der Waals surface area (Å²) in [5.41, 5.74) is 0. The maximum absolute atomic E-state index is 5.83. The monoisotopic (exact) mass is 321 g/mol. The normalized spacial score (nSPS) is 11.3. The van der Waals surface area contributed by atoms with Gasteiger partial charge in [0, 0.05) is 11.6 Å². The smallest absolute Gasteiger partial charge is 0.191 e. The minimum atomic E-state index is 0.500. The molecule has 2 rings (SSSR count). The lowest BCUT2D eigenvalue weighted by atomic mass is 10.3. The fourth-order valence-corrected chi connectivity index (χ4v) is 1.90. The van der Waals surface area contributed by atoms with E-state index in [1.165, 1.54) is 0 Å². The van der Waals surface area contributed by atoms with Gasteiger partial charge in [0.2, 0.25) is 0 Å². The maximum Gasteiger partial charge on any atom is 0.191 e. The molecule has 0 bridgehead atoms. The number of halogens is 1. The summed E-state index contributed by atoms with van der Waals surface area (Å²) in [5, 5.41) is 7.09. The second-order valence-corrected chi connectivity index (χ2v) is 4.94. The lowest BCUT2D eigenvalue weighted by molar-refractivity contribution is 0.322. The molecule has 0 unspecified atom stereocenters. The number of ether oxygens (including phenoxy) is 1. The summed E-state index contributed by atoms with van der Waals surface area (Å²) in [6.07, 6.45) is 1.64. The summed E-state index contributed by atoms with van der Waals surface area (Å²) in [7, 11) is 0. The minimum Gasteiger partial charge on any atom is -0.492 e. The highest BCUT2D eigenvalue weighted by molar-refractivity contribution is 6.30. The van der Waals surface area contributed by atoms with Crippen LogP contribution in [0.1, 0.15) is 12.7 Å². The first kappa shape index (κ1) is 16.2. The molecule has 0 radical (unpaired) electrons. The van der Waals surface area contributed by atoms with Crippen LogP contribution in [0.25, 0.3) is 0 Å². The third kappa shape index (κ3) is 5.69. The highest BCUT2D eigenvalue weighted by atomic mass is 35.5. The largest absolute Gasteiger partial charge is 0.492 e. The van der Waals surface area contributed by atoms with E-state index in [0.717, 1.165) is 24.0 Å². The van der Waals surface area contributed by atoms with Crippen LogP contribution in [0.2, 0.25) is 5.02 Å². The summed E-state index contributed by atoms with van der Waals surface area (Å²) < 4.78 is 10.9. The van der Waals surface area contributed by atoms with Crippen LogP contribution in [0.15, 0.2) is 52.1 Å². The van der Waals surface area contributed by atoms with E-state index in [-0.39, 0.29) is 0 Å². The molecule has 0 saturated heterocycles. The minimum absolute atomic E-state index is 0.500. The molecule has 6 heteroatoms. The van der Waals surface area contributed by atoms with Crippen molar-refractivity contribution in [3.63, 3.8) is 0 Å². The SMILES string of the molecule is CCNC(=NCc1ccco1)NCCOc1ccc(Cl)cc1. The van der Waals surface area contributed by atoms with Crippen LogP contribution in [0.4, 0.5) is 0 Å². The number of hydrogen-bond acceptors (Lipinski definition) is 3. The Morgan fingerprint density at radius 2 is 2.05 bits per heavy atom. The predicted octanol–water partition coefficient (Wildman–Crippen LogP) is 3.07. The Bertz CT molecular complexity index is 568. The number of aliphatic imine (C=N–C) groups is 1. The van der Waals surface area contributed by atoms with Crippen LogP contribution in [0.5, 0.6) is 5.75 Å². The van der Waals surface area contributed by atoms with Crippen molar-refractivity contribution in [1.29, 1.82) is 0 Å². The van der Waals surface area contributed by atoms with Crippen LogP contribution in [-0.2, 0) is 6.54 Å². The molecule has 0 amide bonds. The van der Waals surface area contributed by atoms with Crippen LogP contribution >= 0.6 is 11.6 Å². The van der Waals surface area contributed by atoms with E-state index in [9.17, 15) is 0 Å². The van der Waals surface area contributed by atoms with Crippen molar-refractivity contribution in [2.75, 3.05) is 19.7 Å². The highest BCUT2D eigenvalue weighted by Crippen LogP contribution is 2.15. The molecule has 0 aliphatic rings. The number of guanidine groups is 1. The zero-order chi connectivity index (χ0) is 15.6. The van der Waals surface area contributed by atoms with Gasteiger partial charge in [0.25, 0.3) is 0 Å². The molecule has 22 heavy (non-hydrogen) atoms. The number of hydrogen-bond donors (Lipinski definition) is 2. The Hall–Kier alpha value is -2.14. The first-order chi connectivity index (χ1) is 10.8. The standard InChI is InChI=1S/C16H20ClN3O2/c1-2-18-16(20-12-15-4-3-10-21-15)19-9-11-22-14-7-5-13(17)6-8-14/h3-8,10H,2,9,11-12H2,1H3,(H2,18,19,20). The third-order valence-corrected chi connectivity index (χ3v) is 3.05. The van der Waals surface area contributed by atoms with Gasteiger partial charge in [0.15, 0.2) is 5.96 Å². The number of nitrogens with zero attached hydrogens (tertiary/aromatic N) is 1. The van der Waals surface area contributed by atoms with Gasteiger partial charge >= 0.3 is 0 Å². The van der Waals surface area contributed by atoms with Gasteiger partial charge < -0.3 is 19.8 Å². The number of nitrogens with one attached hydrogen (secondary N) is 2. The van der Waals surface area contributed by atoms with E-state index in [2.05, 4.69) is 15.6 Å². The second kappa shape index (κ2) is 9.00. The fraction of sp³-hybridized carbons (Fsp3) is 0.312. The van der Waals surface area contributed by atoms with E-state index in [1.807, 2.05) is 31.2 Å². The first-order valence-electron chi connectivity index (χ1n) is 7.21. The average molecular weight is 322 g/mol. The van der Waals surface area contributed by atoms with Gasteiger partial charge in [0.1, 0.15) is 24.7 Å². The lowest BCUT2D eigenvalue weighted by Crippen LogP contribution is -2.39. The number of furan rings is 1. The molecule has 0 aliphatic carbocycles. The van der Waals surface area contributed by atoms with Gasteiger partial charge in [0.05, 0.1) is 12.8 Å². The van der Waals surface area contributed by atoms with Crippen LogP contribution in [0, 0.1) is 0 Å². The van der Waals surface area contributed by atoms with Crippen molar-refractivity contribution in [3.05, 3.63) is 53.4 Å². The molecule has 0 saturated carbocycles. The van der Waals surface area contributed by atoms with Crippen molar-refractivity contribution < 1.29 is 9.15 Å². The van der Waals surface area contributed by atoms with Crippen molar-refractivity contribution in [2.45, 2.75) is 13.5 Å². The maximum atomic E-state index is 5.83. The average Bonchev–Trinajstić information content (AvgIpc) is 3.04. The van der Waals surface area contributed by atoms with Crippen LogP contribution in [0.3, 0.4) is 0 Å². The summed E-state index contributed by atoms with van der Waals surface area (Å²) in [4.78, 5) is 4.44. The molecule has 0 aliphatic heterocycles. The Balaban J connectivity index is 1.74. The Labute approximate surface area is 135 Å². The van der Waals surface area contributed by atoms with Crippen LogP contribution in [-0.4, -0.2) is 25.7 Å². The van der Waals surface area contributed by atoms with Crippen molar-refractivity contribution >= 4 is 17.6 Å². The van der Waals surface area contributed by atoms with Gasteiger partial charge in [-0.1, -0.05) is 11.6 Å². The summed E-state index contributed by atoms with van der Waals surface area (Å²) >= 11 is 5.83. The predicted molar refractivity (Wildman–Crippen MR) is 88.5 cm³/mol. The second-order valence-electron chi connectivity index (χ2n) is 4.50. The molecule has 5 nitrogen and oxygen atoms in total. The Morgan fingerprint density at radius 1 is 1.23 bits per heavy atom. The topological polar surface area (TPSA) is 58.8 Å². The van der Waals surface area contributed by atoms with Gasteiger partial charge in [-0.2, -0.15) is 0 Å². The van der Waals surface area contributed by atoms with E-state index in [0.29, 0.717) is 24.7 Å². The van der Waals surface area contributed by atoms with Gasteiger partial charge in [-0.3, -0.25) is 0 Å². The zero-order valence-electron chi connectivity index (χ0n) is 12.5. The molecule has 0 spiro atoms. The Kier molecular flexibility index (Phi) is 6.64. The summed E-state index contributed by atoms with van der Waals surface area (Å²) in [6.45, 7) is 4.50. The molecule has 0 fully saturated rings. The third-order valence-electron chi connectivity index (χ3n) is 2.79. The van der Waals surface area contributed by atoms with Gasteiger partial charge in [-0.05, 0) is 43.3 Å². The van der Waals surface area contributed by atoms with Crippen molar-refractivity contribution in [3.8, 4) is 5.75 Å². The molecular weight excluding hydrogens is 302 g/mol. The highest BCUT2D eigenvalue weighted by Gasteiger charge is 1.99. The molecular formula is C16H20ClN3O2. The van der Waals surface area contributed by atoms with Gasteiger partial charge in [-0.25, -0.2) is 4.99 Å². The molecule has 2 aromatic rings. The Morgan fingerprint density at radius 3 is 2.73 bits per heavy atom. The van der Waals surface area contributed by atoms with Gasteiger partial charge in [-0.15, -0.1) is 0 Å². The van der Waals surface area contributed by atoms with E-state index < -0.39 is 0 Å².